The molecule has 0 N–H and O–H groups in total. The van der Waals surface area contributed by atoms with Crippen LogP contribution in [0, 0.1) is 5.92 Å². The molecule has 140 valence electrons. The van der Waals surface area contributed by atoms with Crippen molar-refractivity contribution in [2.75, 3.05) is 26.9 Å². The highest BCUT2D eigenvalue weighted by Crippen LogP contribution is 2.33. The topological polar surface area (TPSA) is 39.5 Å². The van der Waals surface area contributed by atoms with E-state index in [4.69, 9.17) is 14.6 Å². The van der Waals surface area contributed by atoms with Crippen LogP contribution >= 0.6 is 0 Å². The molecule has 1 atom stereocenters. The summed E-state index contributed by atoms with van der Waals surface area (Å²) in [5.41, 5.74) is 3.93. The number of rotatable bonds is 8. The Hall–Kier alpha value is -1.85. The van der Waals surface area contributed by atoms with Gasteiger partial charge in [0.05, 0.1) is 19.4 Å². The Kier molecular flexibility index (Phi) is 5.27. The van der Waals surface area contributed by atoms with Crippen molar-refractivity contribution in [2.45, 2.75) is 45.3 Å². The summed E-state index contributed by atoms with van der Waals surface area (Å²) in [7, 11) is 1.71. The van der Waals surface area contributed by atoms with E-state index in [1.54, 1.807) is 7.11 Å². The van der Waals surface area contributed by atoms with E-state index in [0.717, 1.165) is 51.1 Å². The van der Waals surface area contributed by atoms with Crippen LogP contribution < -0.4 is 4.74 Å². The lowest BCUT2D eigenvalue weighted by Gasteiger charge is -2.32. The molecule has 0 spiro atoms. The Labute approximate surface area is 155 Å². The van der Waals surface area contributed by atoms with E-state index >= 15 is 0 Å². The first-order valence-electron chi connectivity index (χ1n) is 9.74. The number of hydrogen-bond acceptors (Lipinski definition) is 4. The lowest BCUT2D eigenvalue weighted by Crippen LogP contribution is -2.34. The van der Waals surface area contributed by atoms with E-state index in [1.807, 2.05) is 12.1 Å². The molecule has 5 heteroatoms. The Bertz CT molecular complexity index is 721. The van der Waals surface area contributed by atoms with Gasteiger partial charge < -0.3 is 9.47 Å². The molecule has 0 radical (unpaired) electrons. The molecule has 4 rings (SSSR count). The fourth-order valence-electron chi connectivity index (χ4n) is 3.80. The van der Waals surface area contributed by atoms with Crippen molar-refractivity contribution in [3.8, 4) is 5.75 Å². The van der Waals surface area contributed by atoms with E-state index in [-0.39, 0.29) is 0 Å². The van der Waals surface area contributed by atoms with E-state index in [9.17, 15) is 0 Å². The zero-order valence-corrected chi connectivity index (χ0v) is 15.9. The minimum Gasteiger partial charge on any atom is -0.497 e. The molecule has 1 aromatic carbocycles. The van der Waals surface area contributed by atoms with Crippen molar-refractivity contribution in [3.63, 3.8) is 0 Å². The quantitative estimate of drug-likeness (QED) is 0.727. The van der Waals surface area contributed by atoms with E-state index in [2.05, 4.69) is 34.8 Å². The van der Waals surface area contributed by atoms with Gasteiger partial charge in [-0.15, -0.1) is 0 Å². The maximum Gasteiger partial charge on any atom is 0.118 e. The molecule has 1 saturated carbocycles. The van der Waals surface area contributed by atoms with E-state index in [1.165, 1.54) is 29.7 Å². The molecule has 0 unspecified atom stereocenters. The second-order valence-electron chi connectivity index (χ2n) is 7.57. The van der Waals surface area contributed by atoms with Crippen LogP contribution in [-0.4, -0.2) is 41.5 Å². The first-order chi connectivity index (χ1) is 12.7. The van der Waals surface area contributed by atoms with Crippen LogP contribution in [0.5, 0.6) is 5.75 Å². The number of fused-ring (bicyclic) bond motifs is 1. The second kappa shape index (κ2) is 7.80. The molecule has 0 amide bonds. The summed E-state index contributed by atoms with van der Waals surface area (Å²) in [6.07, 6.45) is 5.00. The van der Waals surface area contributed by atoms with Crippen LogP contribution in [0.2, 0.25) is 0 Å². The highest BCUT2D eigenvalue weighted by molar-refractivity contribution is 5.29. The highest BCUT2D eigenvalue weighted by Gasteiger charge is 2.30. The van der Waals surface area contributed by atoms with Crippen molar-refractivity contribution in [1.82, 2.24) is 14.7 Å². The summed E-state index contributed by atoms with van der Waals surface area (Å²) in [6.45, 7) is 7.55. The fourth-order valence-corrected chi connectivity index (χ4v) is 3.80. The summed E-state index contributed by atoms with van der Waals surface area (Å²) < 4.78 is 13.2. The summed E-state index contributed by atoms with van der Waals surface area (Å²) in [5, 5.41) is 4.91. The van der Waals surface area contributed by atoms with Gasteiger partial charge in [0.1, 0.15) is 5.75 Å². The monoisotopic (exact) mass is 355 g/mol. The Morgan fingerprint density at radius 1 is 1.19 bits per heavy atom. The molecule has 1 fully saturated rings. The zero-order valence-electron chi connectivity index (χ0n) is 15.9. The molecular formula is C21H29N3O2. The summed E-state index contributed by atoms with van der Waals surface area (Å²) in [6, 6.07) is 8.37. The minimum atomic E-state index is 0.407. The van der Waals surface area contributed by atoms with Crippen LogP contribution in [0.15, 0.2) is 30.5 Å². The van der Waals surface area contributed by atoms with Crippen LogP contribution in [0.4, 0.5) is 0 Å². The maximum absolute atomic E-state index is 5.78. The number of benzene rings is 1. The van der Waals surface area contributed by atoms with Crippen molar-refractivity contribution in [1.29, 1.82) is 0 Å². The van der Waals surface area contributed by atoms with Gasteiger partial charge in [-0.25, -0.2) is 0 Å². The lowest BCUT2D eigenvalue weighted by atomic mass is 9.95. The highest BCUT2D eigenvalue weighted by atomic mass is 16.5. The van der Waals surface area contributed by atoms with Crippen molar-refractivity contribution >= 4 is 0 Å². The standard InChI is InChI=1S/C21H29N3O2/c1-3-26-15-18-12-23(10-16-6-8-19(25-2)9-7-16)14-21-20(18)13-24(22-21)11-17-4-5-17/h6-9,13,17-18H,3-5,10-12,14-15H2,1-2H3/t18-/m0/s1. The summed E-state index contributed by atoms with van der Waals surface area (Å²) in [5.74, 6) is 2.16. The third kappa shape index (κ3) is 4.10. The molecule has 1 aliphatic heterocycles. The van der Waals surface area contributed by atoms with E-state index < -0.39 is 0 Å². The zero-order chi connectivity index (χ0) is 17.9. The molecule has 26 heavy (non-hydrogen) atoms. The normalized spacial score (nSPS) is 20.2. The summed E-state index contributed by atoms with van der Waals surface area (Å²) >= 11 is 0. The number of nitrogens with zero attached hydrogens (tertiary/aromatic N) is 3. The average Bonchev–Trinajstić information content (AvgIpc) is 3.37. The molecule has 2 aromatic rings. The SMILES string of the molecule is CCOC[C@@H]1CN(Cc2ccc(OC)cc2)Cc2nn(CC3CC3)cc21. The first kappa shape index (κ1) is 17.6. The van der Waals surface area contributed by atoms with Crippen LogP contribution in [0.25, 0.3) is 0 Å². The van der Waals surface area contributed by atoms with Crippen molar-refractivity contribution < 1.29 is 9.47 Å². The Balaban J connectivity index is 1.48. The predicted molar refractivity (Wildman–Crippen MR) is 101 cm³/mol. The van der Waals surface area contributed by atoms with Crippen LogP contribution in [0.1, 0.15) is 42.5 Å². The molecule has 5 nitrogen and oxygen atoms in total. The van der Waals surface area contributed by atoms with Gasteiger partial charge in [0, 0.05) is 50.5 Å². The molecule has 0 saturated heterocycles. The second-order valence-corrected chi connectivity index (χ2v) is 7.57. The van der Waals surface area contributed by atoms with Gasteiger partial charge in [-0.05, 0) is 43.4 Å². The van der Waals surface area contributed by atoms with Gasteiger partial charge in [0.15, 0.2) is 0 Å². The molecule has 1 aromatic heterocycles. The smallest absolute Gasteiger partial charge is 0.118 e. The fraction of sp³-hybridized carbons (Fsp3) is 0.571. The third-order valence-corrected chi connectivity index (χ3v) is 5.39. The van der Waals surface area contributed by atoms with Gasteiger partial charge in [-0.2, -0.15) is 5.10 Å². The largest absolute Gasteiger partial charge is 0.497 e. The van der Waals surface area contributed by atoms with Crippen molar-refractivity contribution in [2.24, 2.45) is 5.92 Å². The van der Waals surface area contributed by atoms with Gasteiger partial charge >= 0.3 is 0 Å². The predicted octanol–water partition coefficient (Wildman–Crippen LogP) is 3.44. The minimum absolute atomic E-state index is 0.407. The lowest BCUT2D eigenvalue weighted by molar-refractivity contribution is 0.105. The van der Waals surface area contributed by atoms with E-state index in [0.29, 0.717) is 5.92 Å². The Morgan fingerprint density at radius 2 is 2.00 bits per heavy atom. The number of ether oxygens (including phenoxy) is 2. The van der Waals surface area contributed by atoms with Gasteiger partial charge in [-0.1, -0.05) is 12.1 Å². The number of hydrogen-bond donors (Lipinski definition) is 0. The van der Waals surface area contributed by atoms with Gasteiger partial charge in [0.2, 0.25) is 0 Å². The first-order valence-corrected chi connectivity index (χ1v) is 9.74. The summed E-state index contributed by atoms with van der Waals surface area (Å²) in [4.78, 5) is 2.49. The average molecular weight is 355 g/mol. The third-order valence-electron chi connectivity index (χ3n) is 5.39. The number of aromatic nitrogens is 2. The van der Waals surface area contributed by atoms with Gasteiger partial charge in [-0.3, -0.25) is 9.58 Å². The maximum atomic E-state index is 5.78. The van der Waals surface area contributed by atoms with Crippen molar-refractivity contribution in [3.05, 3.63) is 47.3 Å². The molecule has 2 aliphatic rings. The van der Waals surface area contributed by atoms with Crippen LogP contribution in [0.3, 0.4) is 0 Å². The molecule has 1 aliphatic carbocycles. The van der Waals surface area contributed by atoms with Gasteiger partial charge in [0.25, 0.3) is 0 Å². The molecule has 0 bridgehead atoms. The molecule has 2 heterocycles. The van der Waals surface area contributed by atoms with Crippen LogP contribution in [-0.2, 0) is 24.4 Å². The molecular weight excluding hydrogens is 326 g/mol. The Morgan fingerprint density at radius 3 is 2.69 bits per heavy atom. The number of methoxy groups -OCH3 is 1.